The Balaban J connectivity index is 1.87. The number of thioether (sulfide) groups is 1. The smallest absolute Gasteiger partial charge is 0.0291 e. The van der Waals surface area contributed by atoms with E-state index in [1.165, 1.54) is 36.1 Å². The summed E-state index contributed by atoms with van der Waals surface area (Å²) in [7, 11) is 0. The summed E-state index contributed by atoms with van der Waals surface area (Å²) in [5, 5.41) is 4.37. The Morgan fingerprint density at radius 1 is 1.14 bits per heavy atom. The highest BCUT2D eigenvalue weighted by Gasteiger charge is 2.25. The van der Waals surface area contributed by atoms with Gasteiger partial charge in [0.1, 0.15) is 0 Å². The fraction of sp³-hybridized carbons (Fsp3) is 0.684. The van der Waals surface area contributed by atoms with Crippen molar-refractivity contribution in [3.63, 3.8) is 0 Å². The molecule has 2 rings (SSSR count). The summed E-state index contributed by atoms with van der Waals surface area (Å²) in [6, 6.07) is 9.67. The van der Waals surface area contributed by atoms with Gasteiger partial charge >= 0.3 is 0 Å². The first-order chi connectivity index (χ1) is 10.1. The third-order valence-corrected chi connectivity index (χ3v) is 6.24. The summed E-state index contributed by atoms with van der Waals surface area (Å²) in [4.78, 5) is 1.44. The van der Waals surface area contributed by atoms with Crippen LogP contribution in [0.2, 0.25) is 0 Å². The Kier molecular flexibility index (Phi) is 6.63. The van der Waals surface area contributed by atoms with E-state index in [9.17, 15) is 0 Å². The van der Waals surface area contributed by atoms with Gasteiger partial charge in [-0.15, -0.1) is 11.8 Å². The molecule has 1 aromatic rings. The lowest BCUT2D eigenvalue weighted by Gasteiger charge is -2.31. The van der Waals surface area contributed by atoms with E-state index in [2.05, 4.69) is 69.0 Å². The van der Waals surface area contributed by atoms with Crippen LogP contribution in [0, 0.1) is 11.8 Å². The maximum Gasteiger partial charge on any atom is 0.0291 e. The maximum atomic E-state index is 3.55. The van der Waals surface area contributed by atoms with E-state index in [0.717, 1.165) is 23.6 Å². The van der Waals surface area contributed by atoms with E-state index in [1.807, 2.05) is 0 Å². The number of hydrogen-bond donors (Lipinski definition) is 1. The fourth-order valence-electron chi connectivity index (χ4n) is 3.11. The molecule has 0 bridgehead atoms. The van der Waals surface area contributed by atoms with Crippen molar-refractivity contribution in [1.82, 2.24) is 5.32 Å². The van der Waals surface area contributed by atoms with Crippen molar-refractivity contribution in [3.8, 4) is 0 Å². The minimum absolute atomic E-state index is 0.458. The molecule has 0 amide bonds. The third-order valence-electron chi connectivity index (χ3n) is 4.93. The number of nitrogens with one attached hydrogen (secondary N) is 1. The van der Waals surface area contributed by atoms with Crippen molar-refractivity contribution in [3.05, 3.63) is 29.8 Å². The van der Waals surface area contributed by atoms with Crippen molar-refractivity contribution in [2.75, 3.05) is 6.54 Å². The van der Waals surface area contributed by atoms with Crippen LogP contribution in [0.5, 0.6) is 0 Å². The Morgan fingerprint density at radius 3 is 2.48 bits per heavy atom. The molecule has 0 saturated heterocycles. The summed E-state index contributed by atoms with van der Waals surface area (Å²) >= 11 is 2.09. The van der Waals surface area contributed by atoms with Gasteiger partial charge in [0.25, 0.3) is 0 Å². The SMILES string of the molecule is CCCNC(C)c1ccc(SC2CCC(C)C(C)C2)cc1. The molecule has 0 aliphatic heterocycles. The molecule has 118 valence electrons. The molecule has 1 aromatic carbocycles. The van der Waals surface area contributed by atoms with Crippen LogP contribution in [0.25, 0.3) is 0 Å². The lowest BCUT2D eigenvalue weighted by Crippen LogP contribution is -2.22. The van der Waals surface area contributed by atoms with Crippen LogP contribution >= 0.6 is 11.8 Å². The molecule has 4 unspecified atom stereocenters. The molecule has 0 radical (unpaired) electrons. The summed E-state index contributed by atoms with van der Waals surface area (Å²) in [6.07, 6.45) is 5.35. The van der Waals surface area contributed by atoms with Crippen LogP contribution in [0.1, 0.15) is 65.0 Å². The van der Waals surface area contributed by atoms with Crippen molar-refractivity contribution in [2.45, 2.75) is 69.6 Å². The van der Waals surface area contributed by atoms with E-state index < -0.39 is 0 Å². The van der Waals surface area contributed by atoms with Crippen LogP contribution < -0.4 is 5.32 Å². The molecule has 1 nitrogen and oxygen atoms in total. The van der Waals surface area contributed by atoms with Crippen molar-refractivity contribution >= 4 is 11.8 Å². The zero-order valence-electron chi connectivity index (χ0n) is 14.1. The van der Waals surface area contributed by atoms with E-state index in [-0.39, 0.29) is 0 Å². The van der Waals surface area contributed by atoms with E-state index >= 15 is 0 Å². The monoisotopic (exact) mass is 305 g/mol. The molecule has 2 heteroatoms. The molecule has 21 heavy (non-hydrogen) atoms. The molecular weight excluding hydrogens is 274 g/mol. The molecule has 4 atom stereocenters. The second-order valence-electron chi connectivity index (χ2n) is 6.75. The lowest BCUT2D eigenvalue weighted by molar-refractivity contribution is 0.283. The Morgan fingerprint density at radius 2 is 1.86 bits per heavy atom. The fourth-order valence-corrected chi connectivity index (χ4v) is 4.44. The molecule has 0 spiro atoms. The zero-order chi connectivity index (χ0) is 15.2. The maximum absolute atomic E-state index is 3.55. The predicted octanol–water partition coefficient (Wildman–Crippen LogP) is 5.66. The molecule has 1 saturated carbocycles. The number of rotatable bonds is 6. The highest BCUT2D eigenvalue weighted by Crippen LogP contribution is 2.38. The number of hydrogen-bond acceptors (Lipinski definition) is 2. The molecule has 1 aliphatic rings. The normalized spacial score (nSPS) is 27.5. The summed E-state index contributed by atoms with van der Waals surface area (Å²) in [5.41, 5.74) is 1.40. The van der Waals surface area contributed by atoms with Crippen LogP contribution in [0.15, 0.2) is 29.2 Å². The highest BCUT2D eigenvalue weighted by atomic mass is 32.2. The van der Waals surface area contributed by atoms with Crippen LogP contribution in [-0.4, -0.2) is 11.8 Å². The van der Waals surface area contributed by atoms with Crippen LogP contribution in [-0.2, 0) is 0 Å². The first-order valence-electron chi connectivity index (χ1n) is 8.60. The van der Waals surface area contributed by atoms with Crippen LogP contribution in [0.3, 0.4) is 0 Å². The molecule has 1 aliphatic carbocycles. The van der Waals surface area contributed by atoms with Gasteiger partial charge in [0.2, 0.25) is 0 Å². The van der Waals surface area contributed by atoms with Gasteiger partial charge in [-0.3, -0.25) is 0 Å². The first-order valence-corrected chi connectivity index (χ1v) is 9.48. The number of benzene rings is 1. The van der Waals surface area contributed by atoms with Crippen LogP contribution in [0.4, 0.5) is 0 Å². The standard InChI is InChI=1S/C19H31NS/c1-5-12-20-16(4)17-7-10-18(11-8-17)21-19-9-6-14(2)15(3)13-19/h7-8,10-11,14-16,19-20H,5-6,9,12-13H2,1-4H3. The molecule has 0 heterocycles. The summed E-state index contributed by atoms with van der Waals surface area (Å²) in [5.74, 6) is 1.79. The Bertz CT molecular complexity index is 414. The quantitative estimate of drug-likeness (QED) is 0.727. The van der Waals surface area contributed by atoms with Crippen molar-refractivity contribution < 1.29 is 0 Å². The second-order valence-corrected chi connectivity index (χ2v) is 8.13. The minimum atomic E-state index is 0.458. The largest absolute Gasteiger partial charge is 0.310 e. The Labute approximate surface area is 135 Å². The average molecular weight is 306 g/mol. The van der Waals surface area contributed by atoms with Gasteiger partial charge in [-0.25, -0.2) is 0 Å². The van der Waals surface area contributed by atoms with E-state index in [0.29, 0.717) is 6.04 Å². The topological polar surface area (TPSA) is 12.0 Å². The van der Waals surface area contributed by atoms with Gasteiger partial charge in [-0.1, -0.05) is 32.9 Å². The third kappa shape index (κ3) is 5.03. The average Bonchev–Trinajstić information content (AvgIpc) is 2.49. The molecular formula is C19H31NS. The second kappa shape index (κ2) is 8.24. The molecule has 0 aromatic heterocycles. The van der Waals surface area contributed by atoms with Gasteiger partial charge in [0.15, 0.2) is 0 Å². The lowest BCUT2D eigenvalue weighted by atomic mass is 9.81. The minimum Gasteiger partial charge on any atom is -0.310 e. The van der Waals surface area contributed by atoms with E-state index in [4.69, 9.17) is 0 Å². The molecule has 1 N–H and O–H groups in total. The summed E-state index contributed by atoms with van der Waals surface area (Å²) in [6.45, 7) is 10.4. The predicted molar refractivity (Wildman–Crippen MR) is 95.0 cm³/mol. The van der Waals surface area contributed by atoms with E-state index in [1.54, 1.807) is 0 Å². The highest BCUT2D eigenvalue weighted by molar-refractivity contribution is 8.00. The van der Waals surface area contributed by atoms with Crippen molar-refractivity contribution in [1.29, 1.82) is 0 Å². The van der Waals surface area contributed by atoms with Gasteiger partial charge in [0.05, 0.1) is 0 Å². The molecule has 1 fully saturated rings. The van der Waals surface area contributed by atoms with Gasteiger partial charge in [-0.2, -0.15) is 0 Å². The van der Waals surface area contributed by atoms with Crippen molar-refractivity contribution in [2.24, 2.45) is 11.8 Å². The van der Waals surface area contributed by atoms with Gasteiger partial charge < -0.3 is 5.32 Å². The first kappa shape index (κ1) is 16.9. The van der Waals surface area contributed by atoms with Gasteiger partial charge in [-0.05, 0) is 68.7 Å². The van der Waals surface area contributed by atoms with Gasteiger partial charge in [0, 0.05) is 16.2 Å². The zero-order valence-corrected chi connectivity index (χ0v) is 14.9. The summed E-state index contributed by atoms with van der Waals surface area (Å²) < 4.78 is 0. The Hall–Kier alpha value is -0.470.